The molecule has 1 aromatic heterocycles. The van der Waals surface area contributed by atoms with E-state index in [0.29, 0.717) is 17.4 Å². The van der Waals surface area contributed by atoms with Crippen molar-refractivity contribution in [3.8, 4) is 0 Å². The van der Waals surface area contributed by atoms with Gasteiger partial charge in [0.2, 0.25) is 0 Å². The molecule has 1 unspecified atom stereocenters. The first kappa shape index (κ1) is 12.9. The number of nitrogens with zero attached hydrogens (tertiary/aromatic N) is 1. The summed E-state index contributed by atoms with van der Waals surface area (Å²) in [5, 5.41) is 6.85. The molecule has 1 fully saturated rings. The largest absolute Gasteiger partial charge is 0.361 e. The lowest BCUT2D eigenvalue weighted by Gasteiger charge is -2.18. The Balaban J connectivity index is 1.78. The zero-order chi connectivity index (χ0) is 14.1. The summed E-state index contributed by atoms with van der Waals surface area (Å²) < 4.78 is 4.95. The average Bonchev–Trinajstić information content (AvgIpc) is 3.18. The van der Waals surface area contributed by atoms with Crippen LogP contribution < -0.4 is 5.32 Å². The van der Waals surface area contributed by atoms with Crippen LogP contribution >= 0.6 is 0 Å². The van der Waals surface area contributed by atoms with Crippen molar-refractivity contribution in [1.82, 2.24) is 10.5 Å². The molecule has 0 radical (unpaired) electrons. The molecule has 4 nitrogen and oxygen atoms in total. The normalized spacial score (nSPS) is 15.9. The molecule has 1 heterocycles. The summed E-state index contributed by atoms with van der Waals surface area (Å²) in [7, 11) is 0. The number of benzene rings is 1. The van der Waals surface area contributed by atoms with Crippen molar-refractivity contribution in [3.63, 3.8) is 0 Å². The Kier molecular flexibility index (Phi) is 3.30. The number of hydrogen-bond acceptors (Lipinski definition) is 3. The van der Waals surface area contributed by atoms with Crippen LogP contribution in [0.4, 0.5) is 0 Å². The molecule has 1 aliphatic rings. The molecule has 0 spiro atoms. The van der Waals surface area contributed by atoms with Gasteiger partial charge in [0, 0.05) is 6.07 Å². The number of amides is 1. The zero-order valence-electron chi connectivity index (χ0n) is 11.7. The van der Waals surface area contributed by atoms with E-state index in [-0.39, 0.29) is 11.9 Å². The van der Waals surface area contributed by atoms with Crippen molar-refractivity contribution in [1.29, 1.82) is 0 Å². The van der Waals surface area contributed by atoms with Gasteiger partial charge in [0.1, 0.15) is 5.76 Å². The second kappa shape index (κ2) is 5.12. The molecule has 1 N–H and O–H groups in total. The molecule has 0 aliphatic heterocycles. The molecule has 0 bridgehead atoms. The second-order valence-corrected chi connectivity index (χ2v) is 5.52. The first-order valence-electron chi connectivity index (χ1n) is 6.94. The van der Waals surface area contributed by atoms with Crippen LogP contribution in [0.15, 0.2) is 34.9 Å². The molecule has 4 heteroatoms. The van der Waals surface area contributed by atoms with Crippen LogP contribution in [-0.2, 0) is 0 Å². The summed E-state index contributed by atoms with van der Waals surface area (Å²) in [4.78, 5) is 12.2. The number of aryl methyl sites for hydroxylation is 2. The summed E-state index contributed by atoms with van der Waals surface area (Å²) in [5.41, 5.74) is 2.73. The van der Waals surface area contributed by atoms with Crippen LogP contribution in [0.25, 0.3) is 0 Å². The topological polar surface area (TPSA) is 55.1 Å². The maximum atomic E-state index is 12.2. The number of aromatic nitrogens is 1. The minimum atomic E-state index is -0.167. The van der Waals surface area contributed by atoms with Crippen LogP contribution in [0, 0.1) is 19.8 Å². The fraction of sp³-hybridized carbons (Fsp3) is 0.375. The summed E-state index contributed by atoms with van der Waals surface area (Å²) in [5.74, 6) is 1.02. The smallest absolute Gasteiger partial charge is 0.273 e. The zero-order valence-corrected chi connectivity index (χ0v) is 11.7. The highest BCUT2D eigenvalue weighted by atomic mass is 16.5. The lowest BCUT2D eigenvalue weighted by molar-refractivity contribution is 0.0922. The molecule has 1 saturated carbocycles. The van der Waals surface area contributed by atoms with E-state index in [4.69, 9.17) is 4.52 Å². The summed E-state index contributed by atoms with van der Waals surface area (Å²) >= 11 is 0. The third-order valence-corrected chi connectivity index (χ3v) is 3.68. The van der Waals surface area contributed by atoms with Crippen LogP contribution in [-0.4, -0.2) is 11.1 Å². The van der Waals surface area contributed by atoms with E-state index in [1.54, 1.807) is 13.0 Å². The Bertz CT molecular complexity index is 612. The minimum Gasteiger partial charge on any atom is -0.361 e. The first-order chi connectivity index (χ1) is 9.63. The van der Waals surface area contributed by atoms with Gasteiger partial charge in [-0.3, -0.25) is 4.79 Å². The lowest BCUT2D eigenvalue weighted by Crippen LogP contribution is -2.30. The maximum Gasteiger partial charge on any atom is 0.273 e. The average molecular weight is 270 g/mol. The van der Waals surface area contributed by atoms with E-state index in [1.165, 1.54) is 5.56 Å². The lowest BCUT2D eigenvalue weighted by atomic mass is 10.0. The SMILES string of the molecule is Cc1ccc(C(NC(=O)c2cc(C)on2)C2CC2)cc1. The molecule has 104 valence electrons. The molecule has 0 saturated heterocycles. The minimum absolute atomic E-state index is 0.0695. The van der Waals surface area contributed by atoms with Crippen LogP contribution in [0.1, 0.15) is 46.3 Å². The predicted molar refractivity (Wildman–Crippen MR) is 75.4 cm³/mol. The van der Waals surface area contributed by atoms with E-state index in [2.05, 4.69) is 41.7 Å². The Morgan fingerprint density at radius 1 is 1.30 bits per heavy atom. The summed E-state index contributed by atoms with van der Waals surface area (Å²) in [6.07, 6.45) is 2.33. The Morgan fingerprint density at radius 3 is 2.55 bits per heavy atom. The standard InChI is InChI=1S/C16H18N2O2/c1-10-3-5-12(6-4-10)15(13-7-8-13)17-16(19)14-9-11(2)20-18-14/h3-6,9,13,15H,7-8H2,1-2H3,(H,17,19). The Hall–Kier alpha value is -2.10. The highest BCUT2D eigenvalue weighted by Gasteiger charge is 2.33. The van der Waals surface area contributed by atoms with Gasteiger partial charge in [-0.1, -0.05) is 35.0 Å². The number of hydrogen-bond donors (Lipinski definition) is 1. The number of nitrogens with one attached hydrogen (secondary N) is 1. The van der Waals surface area contributed by atoms with Crippen molar-refractivity contribution >= 4 is 5.91 Å². The first-order valence-corrected chi connectivity index (χ1v) is 6.94. The molecular weight excluding hydrogens is 252 g/mol. The molecule has 2 aromatic rings. The Labute approximate surface area is 118 Å². The van der Waals surface area contributed by atoms with Gasteiger partial charge in [0.25, 0.3) is 5.91 Å². The van der Waals surface area contributed by atoms with Crippen molar-refractivity contribution in [2.24, 2.45) is 5.92 Å². The summed E-state index contributed by atoms with van der Waals surface area (Å²) in [6, 6.07) is 10.1. The van der Waals surface area contributed by atoms with Gasteiger partial charge in [-0.05, 0) is 38.2 Å². The fourth-order valence-corrected chi connectivity index (χ4v) is 2.37. The van der Waals surface area contributed by atoms with Crippen LogP contribution in [0.2, 0.25) is 0 Å². The monoisotopic (exact) mass is 270 g/mol. The van der Waals surface area contributed by atoms with Gasteiger partial charge in [0.15, 0.2) is 5.69 Å². The van der Waals surface area contributed by atoms with Crippen molar-refractivity contribution in [3.05, 3.63) is 52.9 Å². The molecule has 1 aromatic carbocycles. The predicted octanol–water partition coefficient (Wildman–Crippen LogP) is 3.17. The van der Waals surface area contributed by atoms with Crippen LogP contribution in [0.3, 0.4) is 0 Å². The van der Waals surface area contributed by atoms with Crippen molar-refractivity contribution in [2.45, 2.75) is 32.7 Å². The van der Waals surface area contributed by atoms with Crippen molar-refractivity contribution < 1.29 is 9.32 Å². The molecule has 20 heavy (non-hydrogen) atoms. The third kappa shape index (κ3) is 2.74. The van der Waals surface area contributed by atoms with Crippen molar-refractivity contribution in [2.75, 3.05) is 0 Å². The van der Waals surface area contributed by atoms with Gasteiger partial charge in [-0.25, -0.2) is 0 Å². The second-order valence-electron chi connectivity index (χ2n) is 5.52. The van der Waals surface area contributed by atoms with Gasteiger partial charge in [-0.2, -0.15) is 0 Å². The van der Waals surface area contributed by atoms with Gasteiger partial charge in [-0.15, -0.1) is 0 Å². The van der Waals surface area contributed by atoms with E-state index >= 15 is 0 Å². The number of carbonyl (C=O) groups excluding carboxylic acids is 1. The van der Waals surface area contributed by atoms with Crippen LogP contribution in [0.5, 0.6) is 0 Å². The highest BCUT2D eigenvalue weighted by Crippen LogP contribution is 2.41. The van der Waals surface area contributed by atoms with E-state index in [1.807, 2.05) is 0 Å². The quantitative estimate of drug-likeness (QED) is 0.928. The van der Waals surface area contributed by atoms with Gasteiger partial charge >= 0.3 is 0 Å². The molecule has 1 atom stereocenters. The molecule has 1 aliphatic carbocycles. The van der Waals surface area contributed by atoms with E-state index in [0.717, 1.165) is 18.4 Å². The van der Waals surface area contributed by atoms with E-state index < -0.39 is 0 Å². The highest BCUT2D eigenvalue weighted by molar-refractivity contribution is 5.92. The molecule has 1 amide bonds. The number of carbonyl (C=O) groups is 1. The maximum absolute atomic E-state index is 12.2. The third-order valence-electron chi connectivity index (χ3n) is 3.68. The van der Waals surface area contributed by atoms with Gasteiger partial charge < -0.3 is 9.84 Å². The summed E-state index contributed by atoms with van der Waals surface area (Å²) in [6.45, 7) is 3.84. The Morgan fingerprint density at radius 2 is 2.00 bits per heavy atom. The van der Waals surface area contributed by atoms with E-state index in [9.17, 15) is 4.79 Å². The van der Waals surface area contributed by atoms with Gasteiger partial charge in [0.05, 0.1) is 6.04 Å². The molecule has 3 rings (SSSR count). The molecular formula is C16H18N2O2. The number of rotatable bonds is 4. The fourth-order valence-electron chi connectivity index (χ4n) is 2.37.